The highest BCUT2D eigenvalue weighted by molar-refractivity contribution is 6.06. The van der Waals surface area contributed by atoms with Gasteiger partial charge in [0.05, 0.1) is 0 Å². The molecule has 0 unspecified atom stereocenters. The van der Waals surface area contributed by atoms with Crippen molar-refractivity contribution in [3.8, 4) is 0 Å². The first kappa shape index (κ1) is 12.8. The smallest absolute Gasteiger partial charge is 0.260 e. The summed E-state index contributed by atoms with van der Waals surface area (Å²) in [6, 6.07) is 7.36. The molecule has 0 N–H and O–H groups in total. The summed E-state index contributed by atoms with van der Waals surface area (Å²) in [5.74, 6) is -0.230. The highest BCUT2D eigenvalue weighted by Gasteiger charge is 2.38. The van der Waals surface area contributed by atoms with Crippen LogP contribution in [0.4, 0.5) is 0 Å². The monoisotopic (exact) mass is 245 g/mol. The Bertz CT molecular complexity index is 474. The lowest BCUT2D eigenvalue weighted by molar-refractivity contribution is -0.140. The largest absolute Gasteiger partial charge is 0.278 e. The van der Waals surface area contributed by atoms with E-state index >= 15 is 0 Å². The molecule has 1 aliphatic rings. The van der Waals surface area contributed by atoms with Gasteiger partial charge in [-0.1, -0.05) is 31.5 Å². The molecular formula is C15H19NO2. The molecule has 0 saturated carbocycles. The van der Waals surface area contributed by atoms with E-state index in [9.17, 15) is 9.59 Å². The third-order valence-electron chi connectivity index (χ3n) is 3.55. The van der Waals surface area contributed by atoms with Gasteiger partial charge in [-0.05, 0) is 31.9 Å². The second-order valence-corrected chi connectivity index (χ2v) is 5.62. The maximum atomic E-state index is 12.3. The van der Waals surface area contributed by atoms with Crippen LogP contribution in [0, 0.1) is 12.3 Å². The van der Waals surface area contributed by atoms with Gasteiger partial charge in [0.1, 0.15) is 0 Å². The van der Waals surface area contributed by atoms with Crippen molar-refractivity contribution in [2.45, 2.75) is 33.6 Å². The topological polar surface area (TPSA) is 37.4 Å². The first-order valence-corrected chi connectivity index (χ1v) is 6.35. The van der Waals surface area contributed by atoms with Gasteiger partial charge in [-0.15, -0.1) is 0 Å². The van der Waals surface area contributed by atoms with Gasteiger partial charge in [0, 0.05) is 17.5 Å². The molecule has 18 heavy (non-hydrogen) atoms. The summed E-state index contributed by atoms with van der Waals surface area (Å²) in [5, 5.41) is 0. The number of carbonyl (C=O) groups excluding carboxylic acids is 2. The van der Waals surface area contributed by atoms with Gasteiger partial charge in [-0.3, -0.25) is 14.5 Å². The minimum absolute atomic E-state index is 0.0562. The van der Waals surface area contributed by atoms with Crippen molar-refractivity contribution in [2.75, 3.05) is 6.54 Å². The molecule has 0 atom stereocenters. The predicted molar refractivity (Wildman–Crippen MR) is 70.2 cm³/mol. The van der Waals surface area contributed by atoms with E-state index in [1.807, 2.05) is 32.9 Å². The number of piperidine rings is 1. The quantitative estimate of drug-likeness (QED) is 0.713. The lowest BCUT2D eigenvalue weighted by atomic mass is 9.83. The standard InChI is InChI=1S/C15H19NO2/c1-11-5-7-12(8-6-11)13(17)16-10-4-9-15(2,3)14(16)18/h5-8H,4,9-10H2,1-3H3. The molecule has 96 valence electrons. The molecule has 0 bridgehead atoms. The molecule has 1 fully saturated rings. The second-order valence-electron chi connectivity index (χ2n) is 5.62. The Labute approximate surface area is 108 Å². The number of nitrogens with zero attached hydrogens (tertiary/aromatic N) is 1. The van der Waals surface area contributed by atoms with Crippen molar-refractivity contribution < 1.29 is 9.59 Å². The van der Waals surface area contributed by atoms with Crippen molar-refractivity contribution in [1.82, 2.24) is 4.90 Å². The molecule has 0 radical (unpaired) electrons. The van der Waals surface area contributed by atoms with Gasteiger partial charge >= 0.3 is 0 Å². The molecular weight excluding hydrogens is 226 g/mol. The Morgan fingerprint density at radius 3 is 2.44 bits per heavy atom. The van der Waals surface area contributed by atoms with Crippen LogP contribution in [-0.2, 0) is 4.79 Å². The zero-order valence-electron chi connectivity index (χ0n) is 11.2. The first-order chi connectivity index (χ1) is 8.42. The normalized spacial score (nSPS) is 18.8. The number of benzene rings is 1. The number of amides is 2. The van der Waals surface area contributed by atoms with Crippen LogP contribution < -0.4 is 0 Å². The minimum Gasteiger partial charge on any atom is -0.278 e. The van der Waals surface area contributed by atoms with Crippen molar-refractivity contribution in [2.24, 2.45) is 5.41 Å². The van der Waals surface area contributed by atoms with Crippen LogP contribution in [0.2, 0.25) is 0 Å². The summed E-state index contributed by atoms with van der Waals surface area (Å²) in [6.45, 7) is 6.33. The molecule has 0 aromatic heterocycles. The lowest BCUT2D eigenvalue weighted by Gasteiger charge is -2.35. The van der Waals surface area contributed by atoms with Crippen molar-refractivity contribution in [3.05, 3.63) is 35.4 Å². The zero-order chi connectivity index (χ0) is 13.3. The first-order valence-electron chi connectivity index (χ1n) is 6.35. The maximum absolute atomic E-state index is 12.3. The number of likely N-dealkylation sites (tertiary alicyclic amines) is 1. The van der Waals surface area contributed by atoms with Crippen LogP contribution in [0.1, 0.15) is 42.6 Å². The van der Waals surface area contributed by atoms with Gasteiger partial charge in [-0.2, -0.15) is 0 Å². The number of carbonyl (C=O) groups is 2. The fourth-order valence-corrected chi connectivity index (χ4v) is 2.30. The van der Waals surface area contributed by atoms with Gasteiger partial charge < -0.3 is 0 Å². The summed E-state index contributed by atoms with van der Waals surface area (Å²) in [7, 11) is 0. The number of hydrogen-bond acceptors (Lipinski definition) is 2. The average Bonchev–Trinajstić information content (AvgIpc) is 2.33. The van der Waals surface area contributed by atoms with E-state index in [1.54, 1.807) is 12.1 Å². The summed E-state index contributed by atoms with van der Waals surface area (Å²) in [6.07, 6.45) is 1.74. The molecule has 1 aliphatic heterocycles. The molecule has 1 heterocycles. The molecule has 1 aromatic carbocycles. The Morgan fingerprint density at radius 1 is 1.22 bits per heavy atom. The van der Waals surface area contributed by atoms with Gasteiger partial charge in [0.15, 0.2) is 0 Å². The maximum Gasteiger partial charge on any atom is 0.260 e. The zero-order valence-corrected chi connectivity index (χ0v) is 11.2. The third kappa shape index (κ3) is 2.30. The van der Waals surface area contributed by atoms with E-state index in [2.05, 4.69) is 0 Å². The van der Waals surface area contributed by atoms with Gasteiger partial charge in [0.25, 0.3) is 5.91 Å². The molecule has 0 spiro atoms. The van der Waals surface area contributed by atoms with E-state index in [-0.39, 0.29) is 11.8 Å². The van der Waals surface area contributed by atoms with E-state index < -0.39 is 5.41 Å². The summed E-state index contributed by atoms with van der Waals surface area (Å²) < 4.78 is 0. The van der Waals surface area contributed by atoms with Crippen LogP contribution in [0.25, 0.3) is 0 Å². The minimum atomic E-state index is -0.418. The van der Waals surface area contributed by atoms with E-state index in [0.29, 0.717) is 12.1 Å². The molecule has 1 aromatic rings. The van der Waals surface area contributed by atoms with E-state index in [0.717, 1.165) is 18.4 Å². The molecule has 2 rings (SSSR count). The van der Waals surface area contributed by atoms with Crippen LogP contribution in [0.15, 0.2) is 24.3 Å². The van der Waals surface area contributed by atoms with Gasteiger partial charge in [0.2, 0.25) is 5.91 Å². The third-order valence-corrected chi connectivity index (χ3v) is 3.55. The number of imide groups is 1. The van der Waals surface area contributed by atoms with Crippen LogP contribution >= 0.6 is 0 Å². The summed E-state index contributed by atoms with van der Waals surface area (Å²) >= 11 is 0. The summed E-state index contributed by atoms with van der Waals surface area (Å²) in [4.78, 5) is 25.9. The van der Waals surface area contributed by atoms with Crippen LogP contribution in [0.3, 0.4) is 0 Å². The SMILES string of the molecule is Cc1ccc(C(=O)N2CCCC(C)(C)C2=O)cc1. The fraction of sp³-hybridized carbons (Fsp3) is 0.467. The van der Waals surface area contributed by atoms with Crippen molar-refractivity contribution in [1.29, 1.82) is 0 Å². The Kier molecular flexibility index (Phi) is 3.24. The molecule has 3 nitrogen and oxygen atoms in total. The fourth-order valence-electron chi connectivity index (χ4n) is 2.30. The Balaban J connectivity index is 2.23. The molecule has 2 amide bonds. The predicted octanol–water partition coefficient (Wildman–Crippen LogP) is 2.78. The van der Waals surface area contributed by atoms with E-state index in [1.165, 1.54) is 4.90 Å². The average molecular weight is 245 g/mol. The lowest BCUT2D eigenvalue weighted by Crippen LogP contribution is -2.48. The number of hydrogen-bond donors (Lipinski definition) is 0. The van der Waals surface area contributed by atoms with E-state index in [4.69, 9.17) is 0 Å². The van der Waals surface area contributed by atoms with Crippen LogP contribution in [0.5, 0.6) is 0 Å². The Morgan fingerprint density at radius 2 is 1.83 bits per heavy atom. The van der Waals surface area contributed by atoms with Crippen molar-refractivity contribution >= 4 is 11.8 Å². The highest BCUT2D eigenvalue weighted by atomic mass is 16.2. The van der Waals surface area contributed by atoms with Crippen LogP contribution in [-0.4, -0.2) is 23.3 Å². The Hall–Kier alpha value is -1.64. The van der Waals surface area contributed by atoms with Gasteiger partial charge in [-0.25, -0.2) is 0 Å². The molecule has 3 heteroatoms. The molecule has 1 saturated heterocycles. The highest BCUT2D eigenvalue weighted by Crippen LogP contribution is 2.30. The second kappa shape index (κ2) is 4.56. The number of aryl methyl sites for hydroxylation is 1. The number of rotatable bonds is 1. The van der Waals surface area contributed by atoms with Crippen molar-refractivity contribution in [3.63, 3.8) is 0 Å². The summed E-state index contributed by atoms with van der Waals surface area (Å²) in [5.41, 5.74) is 1.28. The molecule has 0 aliphatic carbocycles.